The lowest BCUT2D eigenvalue weighted by molar-refractivity contribution is 0.115. The van der Waals surface area contributed by atoms with Gasteiger partial charge in [-0.3, -0.25) is 9.69 Å². The number of benzene rings is 2. The number of nitrogens with one attached hydrogen (secondary N) is 2. The number of hydrogen-bond acceptors (Lipinski definition) is 3. The third-order valence-corrected chi connectivity index (χ3v) is 7.38. The van der Waals surface area contributed by atoms with E-state index in [1.54, 1.807) is 12.1 Å². The highest BCUT2D eigenvalue weighted by molar-refractivity contribution is 5.99. The summed E-state index contributed by atoms with van der Waals surface area (Å²) in [6.45, 7) is 3.35. The SMILES string of the molecule is Cn1cc(CN2CC3CC(C2)c2ccc(NC(=O)Nc4cccc(F)c4)c(=O)n2C3)c2ccccc21. The fraction of sp³-hybridized carbons (Fsp3) is 0.286. The quantitative estimate of drug-likeness (QED) is 0.439. The van der Waals surface area contributed by atoms with Crippen LogP contribution in [-0.2, 0) is 20.1 Å². The molecule has 2 amide bonds. The Balaban J connectivity index is 1.19. The van der Waals surface area contributed by atoms with Crippen molar-refractivity contribution in [2.75, 3.05) is 23.7 Å². The number of carbonyl (C=O) groups excluding carboxylic acids is 1. The van der Waals surface area contributed by atoms with Crippen LogP contribution >= 0.6 is 0 Å². The Morgan fingerprint density at radius 2 is 1.89 bits per heavy atom. The summed E-state index contributed by atoms with van der Waals surface area (Å²) in [5, 5.41) is 6.50. The number of halogens is 1. The van der Waals surface area contributed by atoms with E-state index >= 15 is 0 Å². The standard InChI is InChI=1S/C28H28FN5O2/c1-32-15-20(23-7-2-3-8-26(23)32)17-33-13-18-11-19(16-33)25-10-9-24(27(35)34(25)14-18)31-28(36)30-22-6-4-5-21(29)12-22/h2-10,12,15,18-19H,11,13-14,16-17H2,1H3,(H2,30,31,36). The topological polar surface area (TPSA) is 71.3 Å². The Kier molecular flexibility index (Phi) is 5.60. The number of aromatic nitrogens is 2. The number of amides is 2. The number of fused-ring (bicyclic) bond motifs is 5. The lowest BCUT2D eigenvalue weighted by Crippen LogP contribution is -2.47. The summed E-state index contributed by atoms with van der Waals surface area (Å²) in [5.74, 6) is 0.207. The second-order valence-corrected chi connectivity index (χ2v) is 9.95. The van der Waals surface area contributed by atoms with Gasteiger partial charge in [-0.15, -0.1) is 0 Å². The van der Waals surface area contributed by atoms with Crippen LogP contribution in [0, 0.1) is 11.7 Å². The van der Waals surface area contributed by atoms with E-state index in [1.165, 1.54) is 34.7 Å². The predicted octanol–water partition coefficient (Wildman–Crippen LogP) is 4.74. The number of pyridine rings is 1. The minimum atomic E-state index is -0.574. The molecule has 7 nitrogen and oxygen atoms in total. The molecule has 2 aliphatic heterocycles. The zero-order valence-corrected chi connectivity index (χ0v) is 20.1. The molecular formula is C28H28FN5O2. The predicted molar refractivity (Wildman–Crippen MR) is 139 cm³/mol. The van der Waals surface area contributed by atoms with Gasteiger partial charge < -0.3 is 19.8 Å². The van der Waals surface area contributed by atoms with Crippen molar-refractivity contribution < 1.29 is 9.18 Å². The van der Waals surface area contributed by atoms with E-state index in [2.05, 4.69) is 57.6 Å². The van der Waals surface area contributed by atoms with Crippen LogP contribution in [0.25, 0.3) is 10.9 Å². The number of hydrogen-bond donors (Lipinski definition) is 2. The lowest BCUT2D eigenvalue weighted by Gasteiger charge is -2.43. The molecule has 8 heteroatoms. The fourth-order valence-electron chi connectivity index (χ4n) is 5.91. The summed E-state index contributed by atoms with van der Waals surface area (Å²) in [7, 11) is 2.09. The molecule has 4 heterocycles. The zero-order chi connectivity index (χ0) is 24.8. The van der Waals surface area contributed by atoms with Crippen LogP contribution in [0.3, 0.4) is 0 Å². The summed E-state index contributed by atoms with van der Waals surface area (Å²) in [6.07, 6.45) is 3.29. The zero-order valence-electron chi connectivity index (χ0n) is 20.1. The van der Waals surface area contributed by atoms with Gasteiger partial charge in [-0.05, 0) is 54.3 Å². The van der Waals surface area contributed by atoms with Gasteiger partial charge in [-0.1, -0.05) is 24.3 Å². The molecular weight excluding hydrogens is 457 g/mol. The van der Waals surface area contributed by atoms with E-state index < -0.39 is 11.8 Å². The van der Waals surface area contributed by atoms with Crippen molar-refractivity contribution in [2.24, 2.45) is 13.0 Å². The second kappa shape index (κ2) is 8.95. The number of para-hydroxylation sites is 1. The van der Waals surface area contributed by atoms with Gasteiger partial charge in [0.15, 0.2) is 0 Å². The average Bonchev–Trinajstić information content (AvgIpc) is 3.16. The van der Waals surface area contributed by atoms with E-state index in [0.717, 1.165) is 31.7 Å². The Labute approximate surface area is 208 Å². The highest BCUT2D eigenvalue weighted by atomic mass is 19.1. The highest BCUT2D eigenvalue weighted by Gasteiger charge is 2.35. The molecule has 0 radical (unpaired) electrons. The molecule has 2 N–H and O–H groups in total. The van der Waals surface area contributed by atoms with Crippen LogP contribution in [0.5, 0.6) is 0 Å². The number of rotatable bonds is 4. The van der Waals surface area contributed by atoms with Gasteiger partial charge in [0, 0.05) is 67.6 Å². The monoisotopic (exact) mass is 485 g/mol. The molecule has 0 aliphatic carbocycles. The minimum Gasteiger partial charge on any atom is -0.350 e. The summed E-state index contributed by atoms with van der Waals surface area (Å²) < 4.78 is 17.4. The Morgan fingerprint density at radius 1 is 1.03 bits per heavy atom. The molecule has 0 saturated carbocycles. The van der Waals surface area contributed by atoms with Crippen molar-refractivity contribution >= 4 is 28.3 Å². The van der Waals surface area contributed by atoms with Gasteiger partial charge >= 0.3 is 6.03 Å². The van der Waals surface area contributed by atoms with E-state index in [-0.39, 0.29) is 17.2 Å². The summed E-state index contributed by atoms with van der Waals surface area (Å²) in [6, 6.07) is 17.2. The Morgan fingerprint density at radius 3 is 2.75 bits per heavy atom. The largest absolute Gasteiger partial charge is 0.350 e. The highest BCUT2D eigenvalue weighted by Crippen LogP contribution is 2.36. The maximum absolute atomic E-state index is 13.4. The molecule has 1 fully saturated rings. The Hall–Kier alpha value is -3.91. The van der Waals surface area contributed by atoms with Gasteiger partial charge in [-0.2, -0.15) is 0 Å². The molecule has 6 rings (SSSR count). The van der Waals surface area contributed by atoms with Crippen LogP contribution < -0.4 is 16.2 Å². The summed E-state index contributed by atoms with van der Waals surface area (Å²) in [4.78, 5) is 28.2. The molecule has 2 aliphatic rings. The van der Waals surface area contributed by atoms with Crippen LogP contribution in [-0.4, -0.2) is 33.2 Å². The van der Waals surface area contributed by atoms with Crippen LogP contribution in [0.15, 0.2) is 71.7 Å². The number of carbonyl (C=O) groups is 1. The molecule has 36 heavy (non-hydrogen) atoms. The normalized spacial score (nSPS) is 19.2. The van der Waals surface area contributed by atoms with Crippen molar-refractivity contribution in [3.63, 3.8) is 0 Å². The van der Waals surface area contributed by atoms with Gasteiger partial charge in [0.25, 0.3) is 5.56 Å². The van der Waals surface area contributed by atoms with E-state index in [9.17, 15) is 14.0 Å². The van der Waals surface area contributed by atoms with Gasteiger partial charge in [0.1, 0.15) is 11.5 Å². The number of piperidine rings is 1. The van der Waals surface area contributed by atoms with Gasteiger partial charge in [-0.25, -0.2) is 9.18 Å². The maximum Gasteiger partial charge on any atom is 0.323 e. The van der Waals surface area contributed by atoms with Crippen molar-refractivity contribution in [1.29, 1.82) is 0 Å². The van der Waals surface area contributed by atoms with Crippen molar-refractivity contribution in [3.8, 4) is 0 Å². The smallest absolute Gasteiger partial charge is 0.323 e. The Bertz CT molecular complexity index is 1520. The number of urea groups is 1. The number of aryl methyl sites for hydroxylation is 1. The first kappa shape index (κ1) is 22.5. The number of nitrogens with zero attached hydrogens (tertiary/aromatic N) is 3. The number of likely N-dealkylation sites (tertiary alicyclic amines) is 1. The van der Waals surface area contributed by atoms with Gasteiger partial charge in [0.2, 0.25) is 0 Å². The van der Waals surface area contributed by atoms with Crippen LogP contribution in [0.4, 0.5) is 20.6 Å². The van der Waals surface area contributed by atoms with Gasteiger partial charge in [0.05, 0.1) is 0 Å². The third kappa shape index (κ3) is 4.18. The molecule has 4 aromatic rings. The summed E-state index contributed by atoms with van der Waals surface area (Å²) in [5.41, 5.74) is 3.94. The molecule has 2 unspecified atom stereocenters. The molecule has 2 bridgehead atoms. The van der Waals surface area contributed by atoms with Crippen molar-refractivity contribution in [2.45, 2.75) is 25.4 Å². The molecule has 2 aromatic heterocycles. The van der Waals surface area contributed by atoms with E-state index in [0.29, 0.717) is 18.2 Å². The fourth-order valence-corrected chi connectivity index (χ4v) is 5.91. The molecule has 1 saturated heterocycles. The van der Waals surface area contributed by atoms with Crippen molar-refractivity contribution in [1.82, 2.24) is 14.0 Å². The molecule has 184 valence electrons. The molecule has 2 aromatic carbocycles. The second-order valence-electron chi connectivity index (χ2n) is 9.95. The third-order valence-electron chi connectivity index (χ3n) is 7.38. The first-order valence-electron chi connectivity index (χ1n) is 12.3. The first-order chi connectivity index (χ1) is 17.4. The van der Waals surface area contributed by atoms with Crippen LogP contribution in [0.2, 0.25) is 0 Å². The summed E-state index contributed by atoms with van der Waals surface area (Å²) >= 11 is 0. The van der Waals surface area contributed by atoms with E-state index in [1.807, 2.05) is 10.6 Å². The van der Waals surface area contributed by atoms with E-state index in [4.69, 9.17) is 0 Å². The average molecular weight is 486 g/mol. The minimum absolute atomic E-state index is 0.195. The van der Waals surface area contributed by atoms with Crippen LogP contribution in [0.1, 0.15) is 23.6 Å². The first-order valence-corrected chi connectivity index (χ1v) is 12.3. The maximum atomic E-state index is 13.4. The molecule has 2 atom stereocenters. The lowest BCUT2D eigenvalue weighted by atomic mass is 9.83. The van der Waals surface area contributed by atoms with Crippen molar-refractivity contribution in [3.05, 3.63) is 94.3 Å². The number of anilines is 2. The molecule has 0 spiro atoms.